The molecular weight excluding hydrogens is 260 g/mol. The molecule has 118 valence electrons. The monoisotopic (exact) mass is 290 g/mol. The van der Waals surface area contributed by atoms with Crippen LogP contribution in [-0.4, -0.2) is 37.0 Å². The number of rotatable bonds is 3. The molecule has 2 aliphatic rings. The van der Waals surface area contributed by atoms with Crippen LogP contribution in [-0.2, 0) is 4.79 Å². The fourth-order valence-electron chi connectivity index (χ4n) is 3.63. The van der Waals surface area contributed by atoms with Crippen LogP contribution in [0.15, 0.2) is 23.3 Å². The molecule has 1 heterocycles. The highest BCUT2D eigenvalue weighted by Gasteiger charge is 2.27. The summed E-state index contributed by atoms with van der Waals surface area (Å²) in [5.74, 6) is 0.130. The van der Waals surface area contributed by atoms with Crippen LogP contribution in [0.5, 0.6) is 0 Å². The molecule has 0 aromatic carbocycles. The van der Waals surface area contributed by atoms with Crippen molar-refractivity contribution in [2.24, 2.45) is 5.41 Å². The lowest BCUT2D eigenvalue weighted by Crippen LogP contribution is -2.46. The lowest BCUT2D eigenvalue weighted by molar-refractivity contribution is -0.127. The molecule has 2 rings (SSSR count). The van der Waals surface area contributed by atoms with Gasteiger partial charge in [-0.3, -0.25) is 4.79 Å². The summed E-state index contributed by atoms with van der Waals surface area (Å²) in [5.41, 5.74) is 3.00. The van der Waals surface area contributed by atoms with E-state index in [0.29, 0.717) is 6.04 Å². The molecule has 1 saturated heterocycles. The molecule has 1 amide bonds. The number of hydrogen-bond donors (Lipinski definition) is 1. The van der Waals surface area contributed by atoms with E-state index < -0.39 is 0 Å². The third-order valence-corrected chi connectivity index (χ3v) is 5.10. The average Bonchev–Trinajstić information content (AvgIpc) is 2.46. The Bertz CT molecular complexity index is 442. The van der Waals surface area contributed by atoms with Gasteiger partial charge in [-0.25, -0.2) is 0 Å². The van der Waals surface area contributed by atoms with Gasteiger partial charge in [-0.05, 0) is 56.6 Å². The van der Waals surface area contributed by atoms with Gasteiger partial charge in [0.15, 0.2) is 0 Å². The van der Waals surface area contributed by atoms with Crippen LogP contribution in [0.25, 0.3) is 0 Å². The molecule has 1 aliphatic carbocycles. The van der Waals surface area contributed by atoms with E-state index in [1.165, 1.54) is 30.4 Å². The number of allylic oxidation sites excluding steroid dienone is 3. The van der Waals surface area contributed by atoms with Gasteiger partial charge in [0.25, 0.3) is 0 Å². The second-order valence-corrected chi connectivity index (χ2v) is 7.21. The highest BCUT2D eigenvalue weighted by molar-refractivity contribution is 5.88. The van der Waals surface area contributed by atoms with Crippen molar-refractivity contribution < 1.29 is 4.79 Å². The number of nitrogens with zero attached hydrogens (tertiary/aromatic N) is 1. The summed E-state index contributed by atoms with van der Waals surface area (Å²) in [4.78, 5) is 14.3. The van der Waals surface area contributed by atoms with Crippen LogP contribution < -0.4 is 5.32 Å². The highest BCUT2D eigenvalue weighted by Crippen LogP contribution is 2.40. The standard InChI is InChI=1S/C18H30N2O/c1-14-7-5-11-18(2,3)16(14)9-10-17(21)20(4)15-8-6-12-19-13-15/h9-10,15,19H,5-8,11-13H2,1-4H3. The van der Waals surface area contributed by atoms with Gasteiger partial charge < -0.3 is 10.2 Å². The van der Waals surface area contributed by atoms with Crippen LogP contribution in [0.1, 0.15) is 52.9 Å². The molecule has 1 fully saturated rings. The Kier molecular flexibility index (Phi) is 5.26. The maximum atomic E-state index is 12.4. The molecular formula is C18H30N2O. The molecule has 0 aromatic heterocycles. The largest absolute Gasteiger partial charge is 0.338 e. The minimum Gasteiger partial charge on any atom is -0.338 e. The van der Waals surface area contributed by atoms with Crippen molar-refractivity contribution in [1.29, 1.82) is 0 Å². The maximum absolute atomic E-state index is 12.4. The van der Waals surface area contributed by atoms with Crippen molar-refractivity contribution in [2.75, 3.05) is 20.1 Å². The zero-order valence-electron chi connectivity index (χ0n) is 14.0. The Morgan fingerprint density at radius 2 is 2.14 bits per heavy atom. The van der Waals surface area contributed by atoms with Crippen molar-refractivity contribution >= 4 is 5.91 Å². The van der Waals surface area contributed by atoms with Crippen LogP contribution in [0, 0.1) is 5.41 Å². The summed E-state index contributed by atoms with van der Waals surface area (Å²) in [7, 11) is 1.93. The van der Waals surface area contributed by atoms with Crippen LogP contribution in [0.4, 0.5) is 0 Å². The van der Waals surface area contributed by atoms with Crippen molar-refractivity contribution in [2.45, 2.75) is 58.9 Å². The number of nitrogens with one attached hydrogen (secondary N) is 1. The molecule has 0 spiro atoms. The van der Waals surface area contributed by atoms with E-state index in [1.807, 2.05) is 11.9 Å². The van der Waals surface area contributed by atoms with Crippen molar-refractivity contribution in [3.63, 3.8) is 0 Å². The van der Waals surface area contributed by atoms with Gasteiger partial charge in [-0.1, -0.05) is 25.5 Å². The van der Waals surface area contributed by atoms with E-state index in [-0.39, 0.29) is 11.3 Å². The number of carbonyl (C=O) groups is 1. The SMILES string of the molecule is CC1=C(C=CC(=O)N(C)C2CCCNC2)C(C)(C)CCC1. The molecule has 1 aliphatic heterocycles. The average molecular weight is 290 g/mol. The molecule has 3 nitrogen and oxygen atoms in total. The van der Waals surface area contributed by atoms with Gasteiger partial charge in [-0.2, -0.15) is 0 Å². The van der Waals surface area contributed by atoms with Crippen LogP contribution in [0.2, 0.25) is 0 Å². The minimum absolute atomic E-state index is 0.130. The molecule has 0 aromatic rings. The lowest BCUT2D eigenvalue weighted by atomic mass is 9.72. The van der Waals surface area contributed by atoms with E-state index in [2.05, 4.69) is 32.2 Å². The van der Waals surface area contributed by atoms with E-state index in [9.17, 15) is 4.79 Å². The number of piperidine rings is 1. The van der Waals surface area contributed by atoms with E-state index in [1.54, 1.807) is 6.08 Å². The zero-order valence-corrected chi connectivity index (χ0v) is 14.0. The second kappa shape index (κ2) is 6.78. The third kappa shape index (κ3) is 3.97. The summed E-state index contributed by atoms with van der Waals surface area (Å²) in [6.07, 6.45) is 9.75. The molecule has 21 heavy (non-hydrogen) atoms. The number of likely N-dealkylation sites (N-methyl/N-ethyl adjacent to an activating group) is 1. The fourth-order valence-corrected chi connectivity index (χ4v) is 3.63. The quantitative estimate of drug-likeness (QED) is 0.809. The maximum Gasteiger partial charge on any atom is 0.246 e. The topological polar surface area (TPSA) is 32.3 Å². The van der Waals surface area contributed by atoms with Crippen molar-refractivity contribution in [1.82, 2.24) is 10.2 Å². The summed E-state index contributed by atoms with van der Waals surface area (Å²) in [5, 5.41) is 3.37. The first-order chi connectivity index (χ1) is 9.92. The van der Waals surface area contributed by atoms with Gasteiger partial charge in [0, 0.05) is 25.7 Å². The first-order valence-corrected chi connectivity index (χ1v) is 8.27. The summed E-state index contributed by atoms with van der Waals surface area (Å²) in [6, 6.07) is 0.338. The fraction of sp³-hybridized carbons (Fsp3) is 0.722. The molecule has 0 radical (unpaired) electrons. The van der Waals surface area contributed by atoms with Gasteiger partial charge in [0.05, 0.1) is 0 Å². The number of amides is 1. The normalized spacial score (nSPS) is 26.2. The minimum atomic E-state index is 0.130. The van der Waals surface area contributed by atoms with Crippen molar-refractivity contribution in [3.8, 4) is 0 Å². The Hall–Kier alpha value is -1.09. The van der Waals surface area contributed by atoms with Crippen LogP contribution >= 0.6 is 0 Å². The van der Waals surface area contributed by atoms with E-state index >= 15 is 0 Å². The van der Waals surface area contributed by atoms with Gasteiger partial charge in [-0.15, -0.1) is 0 Å². The first-order valence-electron chi connectivity index (χ1n) is 8.27. The number of hydrogen-bond acceptors (Lipinski definition) is 2. The van der Waals surface area contributed by atoms with Gasteiger partial charge >= 0.3 is 0 Å². The van der Waals surface area contributed by atoms with Crippen LogP contribution in [0.3, 0.4) is 0 Å². The lowest BCUT2D eigenvalue weighted by Gasteiger charge is -2.33. The highest BCUT2D eigenvalue weighted by atomic mass is 16.2. The molecule has 1 unspecified atom stereocenters. The Balaban J connectivity index is 2.04. The predicted molar refractivity (Wildman–Crippen MR) is 88.1 cm³/mol. The number of carbonyl (C=O) groups excluding carboxylic acids is 1. The Morgan fingerprint density at radius 3 is 2.76 bits per heavy atom. The molecule has 3 heteroatoms. The van der Waals surface area contributed by atoms with E-state index in [4.69, 9.17) is 0 Å². The smallest absolute Gasteiger partial charge is 0.246 e. The second-order valence-electron chi connectivity index (χ2n) is 7.21. The zero-order chi connectivity index (χ0) is 15.5. The molecule has 0 saturated carbocycles. The predicted octanol–water partition coefficient (Wildman–Crippen LogP) is 3.28. The van der Waals surface area contributed by atoms with Crippen molar-refractivity contribution in [3.05, 3.63) is 23.3 Å². The summed E-state index contributed by atoms with van der Waals surface area (Å²) >= 11 is 0. The van der Waals surface area contributed by atoms with E-state index in [0.717, 1.165) is 25.9 Å². The Labute approximate surface area is 129 Å². The Morgan fingerprint density at radius 1 is 1.38 bits per heavy atom. The molecule has 0 bridgehead atoms. The molecule has 1 N–H and O–H groups in total. The van der Waals surface area contributed by atoms with Gasteiger partial charge in [0.2, 0.25) is 5.91 Å². The summed E-state index contributed by atoms with van der Waals surface area (Å²) < 4.78 is 0. The molecule has 1 atom stereocenters. The third-order valence-electron chi connectivity index (χ3n) is 5.10. The first kappa shape index (κ1) is 16.3. The van der Waals surface area contributed by atoms with Gasteiger partial charge in [0.1, 0.15) is 0 Å². The summed E-state index contributed by atoms with van der Waals surface area (Å²) in [6.45, 7) is 8.78.